The van der Waals surface area contributed by atoms with Crippen LogP contribution < -0.4 is 10.5 Å². The summed E-state index contributed by atoms with van der Waals surface area (Å²) in [4.78, 5) is 2.21. The lowest BCUT2D eigenvalue weighted by atomic mass is 9.95. The van der Waals surface area contributed by atoms with Crippen LogP contribution >= 0.6 is 0 Å². The predicted molar refractivity (Wildman–Crippen MR) is 79.1 cm³/mol. The number of nitrogens with two attached hydrogens (primary N) is 1. The van der Waals surface area contributed by atoms with Gasteiger partial charge in [0.05, 0.1) is 13.2 Å². The van der Waals surface area contributed by atoms with Gasteiger partial charge in [0.25, 0.3) is 0 Å². The van der Waals surface area contributed by atoms with Crippen molar-refractivity contribution in [3.8, 4) is 5.75 Å². The highest BCUT2D eigenvalue weighted by Gasteiger charge is 2.24. The fourth-order valence-electron chi connectivity index (χ4n) is 2.57. The Balaban J connectivity index is 2.15. The lowest BCUT2D eigenvalue weighted by Crippen LogP contribution is -2.42. The van der Waals surface area contributed by atoms with Crippen LogP contribution in [0, 0.1) is 11.3 Å². The number of hydrogen-bond donors (Lipinski definition) is 3. The molecular formula is C15H23N3O2. The molecule has 2 unspecified atom stereocenters. The number of aliphatic hydroxyl groups is 1. The average molecular weight is 277 g/mol. The van der Waals surface area contributed by atoms with E-state index in [2.05, 4.69) is 11.8 Å². The molecule has 2 rings (SSSR count). The molecule has 0 amide bonds. The van der Waals surface area contributed by atoms with Crippen LogP contribution in [-0.4, -0.2) is 42.1 Å². The molecule has 1 aromatic rings. The van der Waals surface area contributed by atoms with Crippen molar-refractivity contribution < 1.29 is 9.84 Å². The third-order valence-corrected chi connectivity index (χ3v) is 3.99. The van der Waals surface area contributed by atoms with Gasteiger partial charge in [0, 0.05) is 24.2 Å². The second-order valence-electron chi connectivity index (χ2n) is 5.51. The summed E-state index contributed by atoms with van der Waals surface area (Å²) in [5.41, 5.74) is 7.24. The smallest absolute Gasteiger partial charge is 0.123 e. The number of piperidine rings is 1. The third kappa shape index (κ3) is 3.29. The molecule has 0 aliphatic carbocycles. The molecule has 5 nitrogen and oxygen atoms in total. The second kappa shape index (κ2) is 6.24. The van der Waals surface area contributed by atoms with Crippen LogP contribution in [0.4, 0.5) is 0 Å². The second-order valence-corrected chi connectivity index (χ2v) is 5.51. The topological polar surface area (TPSA) is 82.6 Å². The van der Waals surface area contributed by atoms with Crippen molar-refractivity contribution in [3.63, 3.8) is 0 Å². The first kappa shape index (κ1) is 14.8. The van der Waals surface area contributed by atoms with E-state index >= 15 is 0 Å². The predicted octanol–water partition coefficient (Wildman–Crippen LogP) is 1.18. The number of nitrogen functional groups attached to an aromatic ring is 1. The molecule has 0 radical (unpaired) electrons. The first-order valence-corrected chi connectivity index (χ1v) is 6.93. The van der Waals surface area contributed by atoms with Gasteiger partial charge in [-0.05, 0) is 37.1 Å². The third-order valence-electron chi connectivity index (χ3n) is 3.99. The minimum absolute atomic E-state index is 0.0567. The number of likely N-dealkylation sites (tertiary alicyclic amines) is 1. The summed E-state index contributed by atoms with van der Waals surface area (Å²) < 4.78 is 5.37. The highest BCUT2D eigenvalue weighted by molar-refractivity contribution is 5.95. The fourth-order valence-corrected chi connectivity index (χ4v) is 2.57. The molecule has 0 saturated carbocycles. The van der Waals surface area contributed by atoms with Crippen LogP contribution in [-0.2, 0) is 6.54 Å². The van der Waals surface area contributed by atoms with Crippen molar-refractivity contribution >= 4 is 5.84 Å². The monoisotopic (exact) mass is 277 g/mol. The fraction of sp³-hybridized carbons (Fsp3) is 0.533. The van der Waals surface area contributed by atoms with E-state index in [1.54, 1.807) is 13.2 Å². The summed E-state index contributed by atoms with van der Waals surface area (Å²) >= 11 is 0. The normalized spacial score (nSPS) is 23.6. The van der Waals surface area contributed by atoms with Crippen LogP contribution in [0.25, 0.3) is 0 Å². The number of aliphatic hydroxyl groups excluding tert-OH is 1. The summed E-state index contributed by atoms with van der Waals surface area (Å²) in [7, 11) is 1.64. The molecule has 1 saturated heterocycles. The van der Waals surface area contributed by atoms with E-state index in [-0.39, 0.29) is 11.9 Å². The maximum atomic E-state index is 9.97. The number of amidine groups is 1. The first-order chi connectivity index (χ1) is 9.51. The number of benzene rings is 1. The zero-order chi connectivity index (χ0) is 14.7. The van der Waals surface area contributed by atoms with Gasteiger partial charge >= 0.3 is 0 Å². The van der Waals surface area contributed by atoms with Gasteiger partial charge in [0.15, 0.2) is 0 Å². The maximum absolute atomic E-state index is 9.97. The average Bonchev–Trinajstić information content (AvgIpc) is 2.42. The Morgan fingerprint density at radius 1 is 1.55 bits per heavy atom. The van der Waals surface area contributed by atoms with E-state index in [1.807, 2.05) is 12.1 Å². The number of nitrogens with one attached hydrogen (secondary N) is 1. The molecule has 1 aliphatic rings. The molecule has 1 heterocycles. The highest BCUT2D eigenvalue weighted by Crippen LogP contribution is 2.24. The van der Waals surface area contributed by atoms with E-state index in [0.717, 1.165) is 24.3 Å². The summed E-state index contributed by atoms with van der Waals surface area (Å²) in [6, 6.07) is 5.53. The molecule has 5 heteroatoms. The van der Waals surface area contributed by atoms with Crippen LogP contribution in [0.3, 0.4) is 0 Å². The molecule has 110 valence electrons. The van der Waals surface area contributed by atoms with Gasteiger partial charge < -0.3 is 15.6 Å². The Bertz CT molecular complexity index is 490. The van der Waals surface area contributed by atoms with E-state index in [0.29, 0.717) is 24.6 Å². The number of nitrogens with zero attached hydrogens (tertiary/aromatic N) is 1. The van der Waals surface area contributed by atoms with Crippen molar-refractivity contribution in [2.24, 2.45) is 11.7 Å². The molecule has 1 fully saturated rings. The zero-order valence-corrected chi connectivity index (χ0v) is 12.1. The Labute approximate surface area is 119 Å². The quantitative estimate of drug-likeness (QED) is 0.570. The van der Waals surface area contributed by atoms with Crippen LogP contribution in [0.5, 0.6) is 5.75 Å². The van der Waals surface area contributed by atoms with Gasteiger partial charge in [-0.3, -0.25) is 10.3 Å². The maximum Gasteiger partial charge on any atom is 0.123 e. The molecule has 1 aliphatic heterocycles. The number of rotatable bonds is 4. The Kier molecular flexibility index (Phi) is 4.62. The zero-order valence-electron chi connectivity index (χ0n) is 12.1. The lowest BCUT2D eigenvalue weighted by molar-refractivity contribution is 0.0256. The summed E-state index contributed by atoms with van der Waals surface area (Å²) in [6.45, 7) is 4.42. The van der Waals surface area contributed by atoms with Crippen molar-refractivity contribution in [3.05, 3.63) is 29.3 Å². The Morgan fingerprint density at radius 2 is 2.30 bits per heavy atom. The van der Waals surface area contributed by atoms with E-state index in [4.69, 9.17) is 15.9 Å². The van der Waals surface area contributed by atoms with Crippen LogP contribution in [0.2, 0.25) is 0 Å². The molecule has 4 N–H and O–H groups in total. The van der Waals surface area contributed by atoms with Crippen molar-refractivity contribution in [2.45, 2.75) is 26.0 Å². The first-order valence-electron chi connectivity index (χ1n) is 6.93. The van der Waals surface area contributed by atoms with Gasteiger partial charge in [0.1, 0.15) is 11.6 Å². The number of hydrogen-bond acceptors (Lipinski definition) is 4. The summed E-state index contributed by atoms with van der Waals surface area (Å²) in [6.07, 6.45) is 0.723. The van der Waals surface area contributed by atoms with E-state index in [9.17, 15) is 5.11 Å². The van der Waals surface area contributed by atoms with Crippen LogP contribution in [0.1, 0.15) is 24.5 Å². The molecule has 0 bridgehead atoms. The molecule has 2 atom stereocenters. The highest BCUT2D eigenvalue weighted by atomic mass is 16.5. The summed E-state index contributed by atoms with van der Waals surface area (Å²) in [5.74, 6) is 1.21. The van der Waals surface area contributed by atoms with Gasteiger partial charge in [0.2, 0.25) is 0 Å². The largest absolute Gasteiger partial charge is 0.496 e. The SMILES string of the molecule is COc1ccc(C(=N)N)cc1CN1CCC(C)C(O)C1. The molecular weight excluding hydrogens is 254 g/mol. The molecule has 20 heavy (non-hydrogen) atoms. The van der Waals surface area contributed by atoms with E-state index < -0.39 is 0 Å². The Morgan fingerprint density at radius 3 is 2.90 bits per heavy atom. The van der Waals surface area contributed by atoms with Crippen molar-refractivity contribution in [1.29, 1.82) is 5.41 Å². The minimum Gasteiger partial charge on any atom is -0.496 e. The lowest BCUT2D eigenvalue weighted by Gasteiger charge is -2.34. The molecule has 1 aromatic carbocycles. The number of β-amino-alcohol motifs (C(OH)–C–C–N with tert-alkyl or cyclic N) is 1. The van der Waals surface area contributed by atoms with Gasteiger partial charge in [-0.1, -0.05) is 6.92 Å². The minimum atomic E-state index is -0.272. The number of ether oxygens (including phenoxy) is 1. The van der Waals surface area contributed by atoms with E-state index in [1.165, 1.54) is 0 Å². The Hall–Kier alpha value is -1.59. The molecule has 0 aromatic heterocycles. The van der Waals surface area contributed by atoms with Crippen molar-refractivity contribution in [1.82, 2.24) is 4.90 Å². The van der Waals surface area contributed by atoms with Crippen molar-refractivity contribution in [2.75, 3.05) is 20.2 Å². The standard InChI is InChI=1S/C15H23N3O2/c1-10-5-6-18(9-13(10)19)8-12-7-11(15(16)17)3-4-14(12)20-2/h3-4,7,10,13,19H,5-6,8-9H2,1-2H3,(H3,16,17). The van der Waals surface area contributed by atoms with Gasteiger partial charge in [-0.25, -0.2) is 0 Å². The molecule has 0 spiro atoms. The van der Waals surface area contributed by atoms with Gasteiger partial charge in [-0.15, -0.1) is 0 Å². The summed E-state index contributed by atoms with van der Waals surface area (Å²) in [5, 5.41) is 17.5. The van der Waals surface area contributed by atoms with Crippen LogP contribution in [0.15, 0.2) is 18.2 Å². The number of methoxy groups -OCH3 is 1. The van der Waals surface area contributed by atoms with Gasteiger partial charge in [-0.2, -0.15) is 0 Å².